The van der Waals surface area contributed by atoms with Crippen molar-refractivity contribution in [3.8, 4) is 0 Å². The lowest BCUT2D eigenvalue weighted by Gasteiger charge is -2.27. The van der Waals surface area contributed by atoms with Gasteiger partial charge >= 0.3 is 0 Å². The topological polar surface area (TPSA) is 134 Å². The number of hydrogen-bond donors (Lipinski definition) is 5. The number of carbonyl (C=O) groups excluding carboxylic acids is 3. The molecule has 0 aromatic heterocycles. The molecule has 0 aliphatic carbocycles. The lowest BCUT2D eigenvalue weighted by atomic mass is 9.87. The lowest BCUT2D eigenvalue weighted by Crippen LogP contribution is -2.58. The van der Waals surface area contributed by atoms with Crippen molar-refractivity contribution in [2.24, 2.45) is 29.4 Å². The molecule has 1 fully saturated rings. The first-order chi connectivity index (χ1) is 12.6. The number of aliphatic hydroxyl groups excluding tert-OH is 1. The van der Waals surface area contributed by atoms with E-state index in [9.17, 15) is 19.5 Å². The van der Waals surface area contributed by atoms with Crippen molar-refractivity contribution in [3.05, 3.63) is 0 Å². The number of ketones is 1. The van der Waals surface area contributed by atoms with Gasteiger partial charge in [0.05, 0.1) is 18.1 Å². The summed E-state index contributed by atoms with van der Waals surface area (Å²) in [5, 5.41) is 18.5. The quantitative estimate of drug-likeness (QED) is 0.342. The monoisotopic (exact) mass is 384 g/mol. The Kier molecular flexibility index (Phi) is 9.35. The minimum absolute atomic E-state index is 0.0355. The molecule has 8 nitrogen and oxygen atoms in total. The Morgan fingerprint density at radius 3 is 2.22 bits per heavy atom. The minimum Gasteiger partial charge on any atom is -0.391 e. The molecule has 6 N–H and O–H groups in total. The van der Waals surface area contributed by atoms with Gasteiger partial charge in [0.2, 0.25) is 11.8 Å². The molecule has 1 unspecified atom stereocenters. The Bertz CT molecular complexity index is 522. The number of nitrogens with two attached hydrogens (primary N) is 1. The SMILES string of the molecule is CC(C)C[C@@H]1CNCC1C(=O)N[C@H](C(=O)N[C@@H](CN)C(=O)C(C)C)[C@H](C)O. The minimum atomic E-state index is -1.13. The first kappa shape index (κ1) is 23.5. The highest BCUT2D eigenvalue weighted by molar-refractivity contribution is 5.94. The van der Waals surface area contributed by atoms with E-state index < -0.39 is 24.1 Å². The van der Waals surface area contributed by atoms with E-state index in [2.05, 4.69) is 29.8 Å². The maximum absolute atomic E-state index is 12.7. The van der Waals surface area contributed by atoms with Crippen molar-refractivity contribution in [1.82, 2.24) is 16.0 Å². The van der Waals surface area contributed by atoms with Crippen LogP contribution in [0.3, 0.4) is 0 Å². The molecule has 0 bridgehead atoms. The molecule has 5 atom stereocenters. The van der Waals surface area contributed by atoms with Crippen LogP contribution in [0.5, 0.6) is 0 Å². The normalized spacial score (nSPS) is 23.1. The maximum atomic E-state index is 12.7. The molecular formula is C19H36N4O4. The summed E-state index contributed by atoms with van der Waals surface area (Å²) in [4.78, 5) is 37.4. The molecule has 1 saturated heterocycles. The van der Waals surface area contributed by atoms with Crippen LogP contribution in [-0.4, -0.2) is 60.5 Å². The zero-order chi connectivity index (χ0) is 20.7. The molecule has 2 amide bonds. The molecule has 156 valence electrons. The fourth-order valence-corrected chi connectivity index (χ4v) is 3.47. The van der Waals surface area contributed by atoms with Crippen molar-refractivity contribution in [2.75, 3.05) is 19.6 Å². The van der Waals surface area contributed by atoms with Gasteiger partial charge in [0.1, 0.15) is 6.04 Å². The van der Waals surface area contributed by atoms with Gasteiger partial charge in [0.25, 0.3) is 0 Å². The van der Waals surface area contributed by atoms with Crippen molar-refractivity contribution < 1.29 is 19.5 Å². The summed E-state index contributed by atoms with van der Waals surface area (Å²) < 4.78 is 0. The molecular weight excluding hydrogens is 348 g/mol. The van der Waals surface area contributed by atoms with E-state index in [1.54, 1.807) is 13.8 Å². The molecule has 0 spiro atoms. The van der Waals surface area contributed by atoms with E-state index in [1.807, 2.05) is 0 Å². The fourth-order valence-electron chi connectivity index (χ4n) is 3.47. The lowest BCUT2D eigenvalue weighted by molar-refractivity contribution is -0.135. The van der Waals surface area contributed by atoms with Crippen LogP contribution in [0.1, 0.15) is 41.0 Å². The Hall–Kier alpha value is -1.51. The Morgan fingerprint density at radius 1 is 1.11 bits per heavy atom. The average Bonchev–Trinajstić information content (AvgIpc) is 3.03. The number of nitrogens with one attached hydrogen (secondary N) is 3. The van der Waals surface area contributed by atoms with Gasteiger partial charge in [-0.2, -0.15) is 0 Å². The van der Waals surface area contributed by atoms with Crippen LogP contribution in [0.4, 0.5) is 0 Å². The van der Waals surface area contributed by atoms with Crippen LogP contribution < -0.4 is 21.7 Å². The number of amides is 2. The molecule has 0 saturated carbocycles. The fraction of sp³-hybridized carbons (Fsp3) is 0.842. The van der Waals surface area contributed by atoms with E-state index in [4.69, 9.17) is 5.73 Å². The number of aliphatic hydroxyl groups is 1. The summed E-state index contributed by atoms with van der Waals surface area (Å²) in [5.74, 6) is -0.904. The van der Waals surface area contributed by atoms with Crippen molar-refractivity contribution in [3.63, 3.8) is 0 Å². The van der Waals surface area contributed by atoms with Crippen LogP contribution in [0, 0.1) is 23.7 Å². The predicted molar refractivity (Wildman–Crippen MR) is 104 cm³/mol. The molecule has 0 aromatic carbocycles. The van der Waals surface area contributed by atoms with Crippen LogP contribution in [0.15, 0.2) is 0 Å². The smallest absolute Gasteiger partial charge is 0.245 e. The summed E-state index contributed by atoms with van der Waals surface area (Å²) in [5.41, 5.74) is 5.61. The highest BCUT2D eigenvalue weighted by Gasteiger charge is 2.36. The first-order valence-electron chi connectivity index (χ1n) is 9.81. The standard InChI is InChI=1S/C19H36N4O4/c1-10(2)6-13-8-21-9-14(13)18(26)23-16(12(5)24)19(27)22-15(7-20)17(25)11(3)4/h10-16,21,24H,6-9,20H2,1-5H3,(H,22,27)(H,23,26)/t12-,13+,14?,15-,16-/m0/s1. The van der Waals surface area contributed by atoms with Crippen molar-refractivity contribution >= 4 is 17.6 Å². The maximum Gasteiger partial charge on any atom is 0.245 e. The van der Waals surface area contributed by atoms with E-state index in [0.29, 0.717) is 12.5 Å². The third-order valence-corrected chi connectivity index (χ3v) is 4.98. The zero-order valence-electron chi connectivity index (χ0n) is 17.1. The van der Waals surface area contributed by atoms with Gasteiger partial charge in [0.15, 0.2) is 5.78 Å². The van der Waals surface area contributed by atoms with E-state index >= 15 is 0 Å². The summed E-state index contributed by atoms with van der Waals surface area (Å²) in [6.45, 7) is 10.4. The molecule has 0 aromatic rings. The number of Topliss-reactive ketones (excluding diaryl/α,β-unsaturated/α-hetero) is 1. The van der Waals surface area contributed by atoms with E-state index in [-0.39, 0.29) is 36.0 Å². The second-order valence-electron chi connectivity index (χ2n) is 8.24. The highest BCUT2D eigenvalue weighted by atomic mass is 16.3. The summed E-state index contributed by atoms with van der Waals surface area (Å²) in [6.07, 6.45) is -0.186. The third-order valence-electron chi connectivity index (χ3n) is 4.98. The largest absolute Gasteiger partial charge is 0.391 e. The number of rotatable bonds is 10. The summed E-state index contributed by atoms with van der Waals surface area (Å²) >= 11 is 0. The van der Waals surface area contributed by atoms with Gasteiger partial charge in [-0.3, -0.25) is 14.4 Å². The molecule has 1 rings (SSSR count). The molecule has 0 radical (unpaired) electrons. The van der Waals surface area contributed by atoms with Crippen molar-refractivity contribution in [2.45, 2.75) is 59.2 Å². The third kappa shape index (κ3) is 6.86. The molecule has 1 aliphatic rings. The Labute approximate surface area is 162 Å². The Balaban J connectivity index is 2.78. The average molecular weight is 385 g/mol. The van der Waals surface area contributed by atoms with Gasteiger partial charge in [0, 0.05) is 19.0 Å². The number of hydrogen-bond acceptors (Lipinski definition) is 6. The second kappa shape index (κ2) is 10.7. The van der Waals surface area contributed by atoms with Crippen LogP contribution in [0.2, 0.25) is 0 Å². The van der Waals surface area contributed by atoms with Gasteiger partial charge in [-0.05, 0) is 31.7 Å². The zero-order valence-corrected chi connectivity index (χ0v) is 17.1. The van der Waals surface area contributed by atoms with Crippen molar-refractivity contribution in [1.29, 1.82) is 0 Å². The Morgan fingerprint density at radius 2 is 1.74 bits per heavy atom. The van der Waals surface area contributed by atoms with Crippen LogP contribution in [-0.2, 0) is 14.4 Å². The van der Waals surface area contributed by atoms with E-state index in [0.717, 1.165) is 13.0 Å². The molecule has 8 heteroatoms. The van der Waals surface area contributed by atoms with E-state index in [1.165, 1.54) is 6.92 Å². The number of carbonyl (C=O) groups is 3. The van der Waals surface area contributed by atoms with Crippen LogP contribution in [0.25, 0.3) is 0 Å². The van der Waals surface area contributed by atoms with Gasteiger partial charge in [-0.15, -0.1) is 0 Å². The molecule has 1 heterocycles. The molecule has 27 heavy (non-hydrogen) atoms. The highest BCUT2D eigenvalue weighted by Crippen LogP contribution is 2.24. The molecule has 1 aliphatic heterocycles. The summed E-state index contributed by atoms with van der Waals surface area (Å²) in [7, 11) is 0. The van der Waals surface area contributed by atoms with Gasteiger partial charge in [-0.1, -0.05) is 27.7 Å². The first-order valence-corrected chi connectivity index (χ1v) is 9.81. The predicted octanol–water partition coefficient (Wildman–Crippen LogP) is -0.598. The van der Waals surface area contributed by atoms with Gasteiger partial charge < -0.3 is 26.8 Å². The summed E-state index contributed by atoms with van der Waals surface area (Å²) in [6, 6.07) is -1.97. The second-order valence-corrected chi connectivity index (χ2v) is 8.24. The van der Waals surface area contributed by atoms with Gasteiger partial charge in [-0.25, -0.2) is 0 Å². The van der Waals surface area contributed by atoms with Crippen LogP contribution >= 0.6 is 0 Å².